The van der Waals surface area contributed by atoms with E-state index in [2.05, 4.69) is 5.32 Å². The van der Waals surface area contributed by atoms with Gasteiger partial charge < -0.3 is 19.5 Å². The third-order valence-electron chi connectivity index (χ3n) is 4.86. The highest BCUT2D eigenvalue weighted by atomic mass is 16.6. The van der Waals surface area contributed by atoms with Crippen LogP contribution in [0.25, 0.3) is 0 Å². The van der Waals surface area contributed by atoms with E-state index in [0.29, 0.717) is 30.3 Å². The first kappa shape index (κ1) is 20.7. The maximum atomic E-state index is 12.5. The van der Waals surface area contributed by atoms with Gasteiger partial charge in [-0.3, -0.25) is 4.79 Å². The molecule has 29 heavy (non-hydrogen) atoms. The molecular formula is C23H27NO5. The Morgan fingerprint density at radius 2 is 1.76 bits per heavy atom. The van der Waals surface area contributed by atoms with Gasteiger partial charge in [-0.1, -0.05) is 37.6 Å². The summed E-state index contributed by atoms with van der Waals surface area (Å²) in [6.07, 6.45) is 0. The summed E-state index contributed by atoms with van der Waals surface area (Å²) in [7, 11) is 0. The van der Waals surface area contributed by atoms with Crippen molar-refractivity contribution < 1.29 is 23.8 Å². The van der Waals surface area contributed by atoms with Crippen LogP contribution in [0.4, 0.5) is 0 Å². The van der Waals surface area contributed by atoms with Gasteiger partial charge in [0.2, 0.25) is 0 Å². The largest absolute Gasteiger partial charge is 0.486 e. The molecule has 2 aromatic rings. The van der Waals surface area contributed by atoms with Gasteiger partial charge in [-0.15, -0.1) is 0 Å². The average Bonchev–Trinajstić information content (AvgIpc) is 2.71. The van der Waals surface area contributed by atoms with Crippen molar-refractivity contribution in [3.05, 3.63) is 58.7 Å². The fourth-order valence-corrected chi connectivity index (χ4v) is 3.27. The minimum absolute atomic E-state index is 0.135. The maximum absolute atomic E-state index is 12.5. The van der Waals surface area contributed by atoms with E-state index in [1.807, 2.05) is 58.0 Å². The fourth-order valence-electron chi connectivity index (χ4n) is 3.27. The molecule has 0 fully saturated rings. The van der Waals surface area contributed by atoms with Crippen LogP contribution < -0.4 is 14.8 Å². The number of benzene rings is 2. The van der Waals surface area contributed by atoms with E-state index in [-0.39, 0.29) is 24.5 Å². The molecule has 0 saturated carbocycles. The number of rotatable bonds is 6. The molecule has 0 bridgehead atoms. The molecule has 0 aliphatic carbocycles. The lowest BCUT2D eigenvalue weighted by Gasteiger charge is -2.25. The van der Waals surface area contributed by atoms with Gasteiger partial charge in [0.15, 0.2) is 18.1 Å². The van der Waals surface area contributed by atoms with Crippen molar-refractivity contribution in [2.45, 2.75) is 33.7 Å². The molecule has 1 atom stereocenters. The lowest BCUT2D eigenvalue weighted by Crippen LogP contribution is -2.35. The summed E-state index contributed by atoms with van der Waals surface area (Å²) < 4.78 is 16.4. The predicted molar refractivity (Wildman–Crippen MR) is 109 cm³/mol. The molecular weight excluding hydrogens is 370 g/mol. The van der Waals surface area contributed by atoms with Crippen LogP contribution in [0.1, 0.15) is 46.9 Å². The lowest BCUT2D eigenvalue weighted by molar-refractivity contribution is -0.125. The van der Waals surface area contributed by atoms with E-state index < -0.39 is 5.97 Å². The van der Waals surface area contributed by atoms with Crippen molar-refractivity contribution >= 4 is 11.9 Å². The molecule has 0 radical (unpaired) electrons. The molecule has 0 spiro atoms. The van der Waals surface area contributed by atoms with Crippen molar-refractivity contribution in [1.29, 1.82) is 0 Å². The molecule has 0 saturated heterocycles. The third kappa shape index (κ3) is 5.08. The second kappa shape index (κ2) is 8.99. The summed E-state index contributed by atoms with van der Waals surface area (Å²) in [6.45, 7) is 8.48. The monoisotopic (exact) mass is 397 g/mol. The van der Waals surface area contributed by atoms with Gasteiger partial charge in [0.05, 0.1) is 11.6 Å². The zero-order valence-electron chi connectivity index (χ0n) is 17.3. The molecule has 1 N–H and O–H groups in total. The van der Waals surface area contributed by atoms with Crippen LogP contribution in [0.15, 0.2) is 36.4 Å². The number of esters is 1. The first-order chi connectivity index (χ1) is 13.8. The number of hydrogen-bond acceptors (Lipinski definition) is 5. The number of hydrogen-bond donors (Lipinski definition) is 1. The molecule has 6 heteroatoms. The minimum Gasteiger partial charge on any atom is -0.486 e. The van der Waals surface area contributed by atoms with Crippen molar-refractivity contribution in [2.24, 2.45) is 5.92 Å². The minimum atomic E-state index is -0.498. The highest BCUT2D eigenvalue weighted by Gasteiger charge is 2.22. The number of aryl methyl sites for hydroxylation is 2. The topological polar surface area (TPSA) is 73.9 Å². The van der Waals surface area contributed by atoms with Crippen molar-refractivity contribution in [3.63, 3.8) is 0 Å². The highest BCUT2D eigenvalue weighted by Crippen LogP contribution is 2.34. The zero-order valence-corrected chi connectivity index (χ0v) is 17.3. The van der Waals surface area contributed by atoms with E-state index >= 15 is 0 Å². The molecule has 0 unspecified atom stereocenters. The van der Waals surface area contributed by atoms with Crippen LogP contribution in [0.2, 0.25) is 0 Å². The Bertz CT molecular complexity index is 906. The van der Waals surface area contributed by atoms with Crippen LogP contribution in [0, 0.1) is 19.8 Å². The van der Waals surface area contributed by atoms with E-state index in [4.69, 9.17) is 14.2 Å². The Morgan fingerprint density at radius 1 is 1.03 bits per heavy atom. The molecule has 0 aromatic heterocycles. The van der Waals surface area contributed by atoms with Crippen LogP contribution in [0.3, 0.4) is 0 Å². The van der Waals surface area contributed by atoms with Gasteiger partial charge in [-0.05, 0) is 49.1 Å². The Balaban J connectivity index is 1.64. The Labute approximate surface area is 171 Å². The summed E-state index contributed by atoms with van der Waals surface area (Å²) >= 11 is 0. The number of amides is 1. The van der Waals surface area contributed by atoms with E-state index in [0.717, 1.165) is 16.7 Å². The first-order valence-electron chi connectivity index (χ1n) is 9.78. The van der Waals surface area contributed by atoms with Gasteiger partial charge in [0, 0.05) is 0 Å². The molecule has 154 valence electrons. The standard InChI is InChI=1S/C23H27NO5/c1-14(2)22(17-7-8-19-20(12-17)28-10-9-27-19)24-21(25)13-29-23(26)18-11-15(3)5-6-16(18)4/h5-8,11-12,14,22H,9-10,13H2,1-4H3,(H,24,25)/t22-/m0/s1. The quantitative estimate of drug-likeness (QED) is 0.752. The summed E-state index contributed by atoms with van der Waals surface area (Å²) in [6, 6.07) is 11.0. The van der Waals surface area contributed by atoms with Gasteiger partial charge in [-0.25, -0.2) is 4.79 Å². The molecule has 1 heterocycles. The summed E-state index contributed by atoms with van der Waals surface area (Å²) in [5.74, 6) is 0.668. The summed E-state index contributed by atoms with van der Waals surface area (Å²) in [5, 5.41) is 2.96. The number of nitrogens with one attached hydrogen (secondary N) is 1. The zero-order chi connectivity index (χ0) is 21.0. The first-order valence-corrected chi connectivity index (χ1v) is 9.78. The molecule has 1 aliphatic rings. The van der Waals surface area contributed by atoms with E-state index in [1.165, 1.54) is 0 Å². The van der Waals surface area contributed by atoms with Gasteiger partial charge in [0.1, 0.15) is 13.2 Å². The molecule has 6 nitrogen and oxygen atoms in total. The predicted octanol–water partition coefficient (Wildman–Crippen LogP) is 3.74. The molecule has 2 aromatic carbocycles. The molecule has 1 amide bonds. The number of fused-ring (bicyclic) bond motifs is 1. The number of carbonyl (C=O) groups is 2. The van der Waals surface area contributed by atoms with Gasteiger partial charge in [-0.2, -0.15) is 0 Å². The molecule has 1 aliphatic heterocycles. The average molecular weight is 397 g/mol. The van der Waals surface area contributed by atoms with Crippen molar-refractivity contribution in [3.8, 4) is 11.5 Å². The normalized spacial score (nSPS) is 13.7. The maximum Gasteiger partial charge on any atom is 0.338 e. The van der Waals surface area contributed by atoms with Crippen molar-refractivity contribution in [1.82, 2.24) is 5.32 Å². The summed E-state index contributed by atoms with van der Waals surface area (Å²) in [4.78, 5) is 24.8. The SMILES string of the molecule is Cc1ccc(C)c(C(=O)OCC(=O)N[C@H](c2ccc3c(c2)OCCO3)C(C)C)c1. The molecule has 3 rings (SSSR count). The van der Waals surface area contributed by atoms with Crippen LogP contribution in [-0.4, -0.2) is 31.7 Å². The Morgan fingerprint density at radius 3 is 2.48 bits per heavy atom. The van der Waals surface area contributed by atoms with Crippen LogP contribution >= 0.6 is 0 Å². The second-order valence-corrected chi connectivity index (χ2v) is 7.59. The number of ether oxygens (including phenoxy) is 3. The van der Waals surface area contributed by atoms with Crippen molar-refractivity contribution in [2.75, 3.05) is 19.8 Å². The lowest BCUT2D eigenvalue weighted by atomic mass is 9.95. The Kier molecular flexibility index (Phi) is 6.42. The van der Waals surface area contributed by atoms with Gasteiger partial charge >= 0.3 is 5.97 Å². The van der Waals surface area contributed by atoms with E-state index in [1.54, 1.807) is 6.07 Å². The third-order valence-corrected chi connectivity index (χ3v) is 4.86. The van der Waals surface area contributed by atoms with Gasteiger partial charge in [0.25, 0.3) is 5.91 Å². The number of carbonyl (C=O) groups excluding carboxylic acids is 2. The fraction of sp³-hybridized carbons (Fsp3) is 0.391. The smallest absolute Gasteiger partial charge is 0.338 e. The highest BCUT2D eigenvalue weighted by molar-refractivity contribution is 5.92. The summed E-state index contributed by atoms with van der Waals surface area (Å²) in [5.41, 5.74) is 3.17. The van der Waals surface area contributed by atoms with Crippen LogP contribution in [-0.2, 0) is 9.53 Å². The van der Waals surface area contributed by atoms with Crippen LogP contribution in [0.5, 0.6) is 11.5 Å². The van der Waals surface area contributed by atoms with E-state index in [9.17, 15) is 9.59 Å². The second-order valence-electron chi connectivity index (χ2n) is 7.59. The Hall–Kier alpha value is -3.02.